The molecule has 1 fully saturated rings. The Labute approximate surface area is 123 Å². The topological polar surface area (TPSA) is 96.5 Å². The van der Waals surface area contributed by atoms with E-state index in [4.69, 9.17) is 4.74 Å². The summed E-state index contributed by atoms with van der Waals surface area (Å²) < 4.78 is 31.0. The number of sulfonamides is 1. The fourth-order valence-electron chi connectivity index (χ4n) is 2.33. The number of hydrogen-bond donors (Lipinski definition) is 1. The molecule has 2 heterocycles. The number of carbonyl (C=O) groups is 1. The number of hydrogen-bond acceptors (Lipinski definition) is 5. The molecule has 0 aromatic carbocycles. The summed E-state index contributed by atoms with van der Waals surface area (Å²) in [6.07, 6.45) is 3.38. The van der Waals surface area contributed by atoms with Crippen molar-refractivity contribution < 1.29 is 17.9 Å². The van der Waals surface area contributed by atoms with Crippen LogP contribution in [-0.2, 0) is 19.6 Å². The molecule has 8 heteroatoms. The number of ether oxygens (including phenoxy) is 1. The highest BCUT2D eigenvalue weighted by molar-refractivity contribution is 7.89. The first kappa shape index (κ1) is 15.7. The van der Waals surface area contributed by atoms with Crippen LogP contribution in [0.2, 0.25) is 0 Å². The van der Waals surface area contributed by atoms with Crippen LogP contribution in [0.5, 0.6) is 0 Å². The van der Waals surface area contributed by atoms with Crippen molar-refractivity contribution in [3.8, 4) is 0 Å². The summed E-state index contributed by atoms with van der Waals surface area (Å²) in [4.78, 5) is 25.6. The maximum Gasteiger partial charge on any atom is 0.309 e. The number of nitrogens with zero attached hydrogens (tertiary/aromatic N) is 1. The van der Waals surface area contributed by atoms with Crippen molar-refractivity contribution in [2.45, 2.75) is 24.7 Å². The zero-order valence-corrected chi connectivity index (χ0v) is 12.6. The van der Waals surface area contributed by atoms with Crippen molar-refractivity contribution in [3.05, 3.63) is 28.7 Å². The van der Waals surface area contributed by atoms with E-state index in [-0.39, 0.29) is 29.9 Å². The third-order valence-corrected chi connectivity index (χ3v) is 5.40. The highest BCUT2D eigenvalue weighted by atomic mass is 32.2. The van der Waals surface area contributed by atoms with Crippen LogP contribution in [0, 0.1) is 5.92 Å². The smallest absolute Gasteiger partial charge is 0.309 e. The van der Waals surface area contributed by atoms with Crippen LogP contribution < -0.4 is 5.43 Å². The molecule has 116 valence electrons. The molecule has 0 atom stereocenters. The van der Waals surface area contributed by atoms with Gasteiger partial charge in [0.2, 0.25) is 15.5 Å². The van der Waals surface area contributed by atoms with Gasteiger partial charge >= 0.3 is 5.97 Å². The highest BCUT2D eigenvalue weighted by Crippen LogP contribution is 2.23. The number of carbonyl (C=O) groups excluding carboxylic acids is 1. The third kappa shape index (κ3) is 3.33. The molecule has 1 aromatic heterocycles. The molecule has 1 saturated heterocycles. The molecule has 0 saturated carbocycles. The minimum absolute atomic E-state index is 0.208. The first-order valence-electron chi connectivity index (χ1n) is 6.80. The summed E-state index contributed by atoms with van der Waals surface area (Å²) in [7, 11) is -3.82. The Balaban J connectivity index is 2.10. The van der Waals surface area contributed by atoms with Gasteiger partial charge in [-0.2, -0.15) is 4.31 Å². The van der Waals surface area contributed by atoms with Gasteiger partial charge in [0.25, 0.3) is 0 Å². The van der Waals surface area contributed by atoms with Crippen LogP contribution >= 0.6 is 0 Å². The van der Waals surface area contributed by atoms with Crippen LogP contribution in [-0.4, -0.2) is 43.4 Å². The molecule has 0 radical (unpaired) electrons. The number of nitrogens with one attached hydrogen (secondary N) is 1. The quantitative estimate of drug-likeness (QED) is 0.808. The lowest BCUT2D eigenvalue weighted by Gasteiger charge is -2.29. The molecule has 2 rings (SSSR count). The summed E-state index contributed by atoms with van der Waals surface area (Å²) in [5.74, 6) is -0.558. The zero-order valence-electron chi connectivity index (χ0n) is 11.7. The number of aromatic amines is 1. The van der Waals surface area contributed by atoms with Gasteiger partial charge in [0.15, 0.2) is 0 Å². The second kappa shape index (κ2) is 6.40. The molecule has 0 unspecified atom stereocenters. The molecule has 1 aliphatic heterocycles. The largest absolute Gasteiger partial charge is 0.466 e. The molecule has 0 aliphatic carbocycles. The number of esters is 1. The summed E-state index contributed by atoms with van der Waals surface area (Å²) >= 11 is 0. The second-order valence-electron chi connectivity index (χ2n) is 4.80. The molecule has 0 spiro atoms. The molecule has 1 aromatic rings. The van der Waals surface area contributed by atoms with Crippen LogP contribution in [0.4, 0.5) is 0 Å². The van der Waals surface area contributed by atoms with Crippen LogP contribution in [0.15, 0.2) is 28.2 Å². The molecule has 0 bridgehead atoms. The van der Waals surface area contributed by atoms with E-state index in [1.807, 2.05) is 0 Å². The lowest BCUT2D eigenvalue weighted by molar-refractivity contribution is -0.149. The van der Waals surface area contributed by atoms with Crippen molar-refractivity contribution in [1.29, 1.82) is 0 Å². The Hall–Kier alpha value is -1.67. The van der Waals surface area contributed by atoms with E-state index in [1.165, 1.54) is 22.8 Å². The van der Waals surface area contributed by atoms with Gasteiger partial charge in [-0.3, -0.25) is 9.59 Å². The summed E-state index contributed by atoms with van der Waals surface area (Å²) in [6.45, 7) is 2.47. The summed E-state index contributed by atoms with van der Waals surface area (Å²) in [5, 5.41) is 0. The van der Waals surface area contributed by atoms with Crippen molar-refractivity contribution in [2.24, 2.45) is 5.92 Å². The van der Waals surface area contributed by atoms with E-state index in [1.54, 1.807) is 6.92 Å². The number of H-pyrrole nitrogens is 1. The minimum Gasteiger partial charge on any atom is -0.466 e. The predicted molar refractivity (Wildman–Crippen MR) is 75.2 cm³/mol. The minimum atomic E-state index is -3.82. The van der Waals surface area contributed by atoms with Crippen LogP contribution in [0.25, 0.3) is 0 Å². The van der Waals surface area contributed by atoms with Gasteiger partial charge in [-0.1, -0.05) is 0 Å². The molecule has 1 aliphatic rings. The summed E-state index contributed by atoms with van der Waals surface area (Å²) in [6, 6.07) is 1.18. The Morgan fingerprint density at radius 2 is 2.10 bits per heavy atom. The molecule has 21 heavy (non-hydrogen) atoms. The van der Waals surface area contributed by atoms with Crippen molar-refractivity contribution in [3.63, 3.8) is 0 Å². The average Bonchev–Trinajstić information content (AvgIpc) is 2.48. The van der Waals surface area contributed by atoms with Gasteiger partial charge < -0.3 is 9.72 Å². The predicted octanol–water partition coefficient (Wildman–Crippen LogP) is 0.339. The molecule has 7 nitrogen and oxygen atoms in total. The Morgan fingerprint density at radius 3 is 2.67 bits per heavy atom. The number of rotatable bonds is 4. The van der Waals surface area contributed by atoms with E-state index in [2.05, 4.69) is 4.98 Å². The lowest BCUT2D eigenvalue weighted by atomic mass is 9.98. The van der Waals surface area contributed by atoms with E-state index in [9.17, 15) is 18.0 Å². The lowest BCUT2D eigenvalue weighted by Crippen LogP contribution is -2.41. The maximum absolute atomic E-state index is 12.4. The van der Waals surface area contributed by atoms with Gasteiger partial charge in [-0.25, -0.2) is 8.42 Å². The van der Waals surface area contributed by atoms with Crippen LogP contribution in [0.3, 0.4) is 0 Å². The van der Waals surface area contributed by atoms with Crippen molar-refractivity contribution >= 4 is 16.0 Å². The highest BCUT2D eigenvalue weighted by Gasteiger charge is 2.33. The second-order valence-corrected chi connectivity index (χ2v) is 6.71. The number of aromatic nitrogens is 1. The standard InChI is InChI=1S/C13H18N2O5S/c1-2-20-13(17)10-4-7-15(8-5-10)21(18,19)12-9-14-6-3-11(12)16/h3,6,9-10H,2,4-5,7-8H2,1H3,(H,14,16). The number of piperidine rings is 1. The molecular formula is C13H18N2O5S. The van der Waals surface area contributed by atoms with Gasteiger partial charge in [-0.15, -0.1) is 0 Å². The fraction of sp³-hybridized carbons (Fsp3) is 0.538. The summed E-state index contributed by atoms with van der Waals surface area (Å²) in [5.41, 5.74) is -0.540. The van der Waals surface area contributed by atoms with Gasteiger partial charge in [0, 0.05) is 31.5 Å². The SMILES string of the molecule is CCOC(=O)C1CCN(S(=O)(=O)c2c[nH]ccc2=O)CC1. The van der Waals surface area contributed by atoms with E-state index in [0.717, 1.165) is 0 Å². The normalized spacial score (nSPS) is 17.6. The van der Waals surface area contributed by atoms with Crippen molar-refractivity contribution in [1.82, 2.24) is 9.29 Å². The van der Waals surface area contributed by atoms with Gasteiger partial charge in [0.1, 0.15) is 4.90 Å². The monoisotopic (exact) mass is 314 g/mol. The Morgan fingerprint density at radius 1 is 1.43 bits per heavy atom. The molecular weight excluding hydrogens is 296 g/mol. The third-order valence-electron chi connectivity index (χ3n) is 3.48. The van der Waals surface area contributed by atoms with Gasteiger partial charge in [0.05, 0.1) is 12.5 Å². The maximum atomic E-state index is 12.4. The van der Waals surface area contributed by atoms with Crippen LogP contribution in [0.1, 0.15) is 19.8 Å². The average molecular weight is 314 g/mol. The van der Waals surface area contributed by atoms with E-state index >= 15 is 0 Å². The fourth-order valence-corrected chi connectivity index (χ4v) is 3.84. The van der Waals surface area contributed by atoms with Crippen molar-refractivity contribution in [2.75, 3.05) is 19.7 Å². The Bertz CT molecular complexity index is 659. The first-order valence-corrected chi connectivity index (χ1v) is 8.24. The van der Waals surface area contributed by atoms with Gasteiger partial charge in [-0.05, 0) is 19.8 Å². The molecule has 1 N–H and O–H groups in total. The number of pyridine rings is 1. The Kier molecular flexibility index (Phi) is 4.79. The molecule has 0 amide bonds. The van der Waals surface area contributed by atoms with E-state index < -0.39 is 15.5 Å². The zero-order chi connectivity index (χ0) is 15.5. The van der Waals surface area contributed by atoms with E-state index in [0.29, 0.717) is 19.4 Å². The first-order chi connectivity index (χ1) is 9.96.